The highest BCUT2D eigenvalue weighted by atomic mass is 79.9. The molecule has 0 spiro atoms. The Bertz CT molecular complexity index is 643. The summed E-state index contributed by atoms with van der Waals surface area (Å²) in [4.78, 5) is 0.281. The molecule has 98 valence electrons. The molecule has 0 aliphatic carbocycles. The summed E-state index contributed by atoms with van der Waals surface area (Å²) in [5, 5.41) is 3.01. The third-order valence-corrected chi connectivity index (χ3v) is 3.35. The monoisotopic (exact) mass is 338 g/mol. The van der Waals surface area contributed by atoms with Gasteiger partial charge in [0, 0.05) is 15.7 Å². The fraction of sp³-hybridized carbons (Fsp3) is 0.0714. The molecule has 0 atom stereocenters. The third-order valence-electron chi connectivity index (χ3n) is 2.64. The van der Waals surface area contributed by atoms with Gasteiger partial charge in [0.05, 0.1) is 5.69 Å². The van der Waals surface area contributed by atoms with Crippen LogP contribution in [0, 0.1) is 12.7 Å². The van der Waals surface area contributed by atoms with Crippen LogP contribution in [0.5, 0.6) is 0 Å². The van der Waals surface area contributed by atoms with Crippen molar-refractivity contribution in [3.63, 3.8) is 0 Å². The van der Waals surface area contributed by atoms with Crippen LogP contribution in [0.15, 0.2) is 40.9 Å². The first-order chi connectivity index (χ1) is 8.97. The van der Waals surface area contributed by atoms with E-state index in [-0.39, 0.29) is 10.8 Å². The van der Waals surface area contributed by atoms with Crippen LogP contribution in [-0.2, 0) is 0 Å². The van der Waals surface area contributed by atoms with Crippen molar-refractivity contribution in [2.24, 2.45) is 5.73 Å². The van der Waals surface area contributed by atoms with Crippen molar-refractivity contribution in [2.75, 3.05) is 5.32 Å². The van der Waals surface area contributed by atoms with E-state index in [4.69, 9.17) is 18.0 Å². The van der Waals surface area contributed by atoms with Crippen LogP contribution >= 0.6 is 28.1 Å². The quantitative estimate of drug-likeness (QED) is 0.820. The molecule has 0 amide bonds. The van der Waals surface area contributed by atoms with Gasteiger partial charge in [-0.3, -0.25) is 0 Å². The fourth-order valence-corrected chi connectivity index (χ4v) is 2.21. The highest BCUT2D eigenvalue weighted by Crippen LogP contribution is 2.26. The van der Waals surface area contributed by atoms with E-state index in [1.165, 1.54) is 6.07 Å². The lowest BCUT2D eigenvalue weighted by atomic mass is 10.1. The van der Waals surface area contributed by atoms with E-state index in [1.807, 2.05) is 25.1 Å². The van der Waals surface area contributed by atoms with Crippen molar-refractivity contribution >= 4 is 44.5 Å². The highest BCUT2D eigenvalue weighted by Gasteiger charge is 2.08. The summed E-state index contributed by atoms with van der Waals surface area (Å²) < 4.78 is 14.5. The SMILES string of the molecule is Cc1ccc(Nc2ccc(Br)cc2F)c(C(N)=S)c1. The number of nitrogens with one attached hydrogen (secondary N) is 1. The first-order valence-electron chi connectivity index (χ1n) is 5.60. The third kappa shape index (κ3) is 3.30. The minimum absolute atomic E-state index is 0.281. The molecule has 2 aromatic carbocycles. The molecule has 2 aromatic rings. The van der Waals surface area contributed by atoms with Gasteiger partial charge in [-0.15, -0.1) is 0 Å². The maximum Gasteiger partial charge on any atom is 0.147 e. The largest absolute Gasteiger partial charge is 0.389 e. The van der Waals surface area contributed by atoms with Gasteiger partial charge in [-0.1, -0.05) is 39.8 Å². The van der Waals surface area contributed by atoms with Gasteiger partial charge in [0.15, 0.2) is 0 Å². The molecule has 0 unspecified atom stereocenters. The van der Waals surface area contributed by atoms with E-state index in [1.54, 1.807) is 12.1 Å². The molecule has 19 heavy (non-hydrogen) atoms. The molecule has 0 saturated heterocycles. The molecule has 0 aliphatic rings. The average Bonchev–Trinajstić information content (AvgIpc) is 2.34. The lowest BCUT2D eigenvalue weighted by Crippen LogP contribution is -2.12. The van der Waals surface area contributed by atoms with Crippen molar-refractivity contribution in [3.8, 4) is 0 Å². The smallest absolute Gasteiger partial charge is 0.147 e. The zero-order valence-corrected chi connectivity index (χ0v) is 12.6. The van der Waals surface area contributed by atoms with Gasteiger partial charge in [-0.2, -0.15) is 0 Å². The number of hydrogen-bond donors (Lipinski definition) is 2. The van der Waals surface area contributed by atoms with Crippen LogP contribution in [0.3, 0.4) is 0 Å². The molecular weight excluding hydrogens is 327 g/mol. The van der Waals surface area contributed by atoms with Crippen molar-refractivity contribution in [1.29, 1.82) is 0 Å². The molecule has 0 aromatic heterocycles. The Kier molecular flexibility index (Phi) is 4.17. The van der Waals surface area contributed by atoms with Crippen LogP contribution < -0.4 is 11.1 Å². The van der Waals surface area contributed by atoms with Gasteiger partial charge in [-0.25, -0.2) is 4.39 Å². The number of hydrogen-bond acceptors (Lipinski definition) is 2. The zero-order valence-electron chi connectivity index (χ0n) is 10.2. The lowest BCUT2D eigenvalue weighted by Gasteiger charge is -2.13. The average molecular weight is 339 g/mol. The summed E-state index contributed by atoms with van der Waals surface area (Å²) >= 11 is 8.24. The molecule has 0 saturated carbocycles. The van der Waals surface area contributed by atoms with Crippen molar-refractivity contribution in [3.05, 3.63) is 57.8 Å². The molecule has 3 N–H and O–H groups in total. The van der Waals surface area contributed by atoms with Crippen LogP contribution in [0.2, 0.25) is 0 Å². The summed E-state index contributed by atoms with van der Waals surface area (Å²) in [6.45, 7) is 1.95. The van der Waals surface area contributed by atoms with Crippen LogP contribution in [0.4, 0.5) is 15.8 Å². The second-order valence-electron chi connectivity index (χ2n) is 4.16. The Hall–Kier alpha value is -1.46. The maximum absolute atomic E-state index is 13.8. The Morgan fingerprint density at radius 2 is 1.89 bits per heavy atom. The van der Waals surface area contributed by atoms with E-state index in [0.29, 0.717) is 21.4 Å². The minimum Gasteiger partial charge on any atom is -0.389 e. The van der Waals surface area contributed by atoms with Gasteiger partial charge in [-0.05, 0) is 37.3 Å². The van der Waals surface area contributed by atoms with Gasteiger partial charge < -0.3 is 11.1 Å². The summed E-state index contributed by atoms with van der Waals surface area (Å²) in [6.07, 6.45) is 0. The molecule has 2 nitrogen and oxygen atoms in total. The first-order valence-corrected chi connectivity index (χ1v) is 6.80. The lowest BCUT2D eigenvalue weighted by molar-refractivity contribution is 0.631. The molecule has 5 heteroatoms. The van der Waals surface area contributed by atoms with Crippen LogP contribution in [0.1, 0.15) is 11.1 Å². The van der Waals surface area contributed by atoms with Gasteiger partial charge >= 0.3 is 0 Å². The normalized spacial score (nSPS) is 10.3. The van der Waals surface area contributed by atoms with Crippen LogP contribution in [-0.4, -0.2) is 4.99 Å². The number of anilines is 2. The summed E-state index contributed by atoms with van der Waals surface area (Å²) in [6, 6.07) is 10.5. The van der Waals surface area contributed by atoms with Crippen molar-refractivity contribution in [1.82, 2.24) is 0 Å². The van der Waals surface area contributed by atoms with E-state index >= 15 is 0 Å². The van der Waals surface area contributed by atoms with Gasteiger partial charge in [0.2, 0.25) is 0 Å². The second-order valence-corrected chi connectivity index (χ2v) is 5.52. The minimum atomic E-state index is -0.344. The van der Waals surface area contributed by atoms with Gasteiger partial charge in [0.25, 0.3) is 0 Å². The number of rotatable bonds is 3. The number of benzene rings is 2. The Balaban J connectivity index is 2.40. The van der Waals surface area contributed by atoms with Gasteiger partial charge in [0.1, 0.15) is 10.8 Å². The summed E-state index contributed by atoms with van der Waals surface area (Å²) in [5.41, 5.74) is 8.51. The Morgan fingerprint density at radius 3 is 2.53 bits per heavy atom. The molecular formula is C14H12BrFN2S. The molecule has 0 bridgehead atoms. The number of nitrogens with two attached hydrogens (primary N) is 1. The van der Waals surface area contributed by atoms with E-state index < -0.39 is 0 Å². The number of thiocarbonyl (C=S) groups is 1. The standard InChI is InChI=1S/C14H12BrFN2S/c1-8-2-4-12(10(6-8)14(17)19)18-13-5-3-9(15)7-11(13)16/h2-7,18H,1H3,(H2,17,19). The summed E-state index contributed by atoms with van der Waals surface area (Å²) in [7, 11) is 0. The molecule has 0 radical (unpaired) electrons. The second kappa shape index (κ2) is 5.67. The van der Waals surface area contributed by atoms with E-state index in [2.05, 4.69) is 21.2 Å². The van der Waals surface area contributed by atoms with E-state index in [0.717, 1.165) is 5.56 Å². The predicted molar refractivity (Wildman–Crippen MR) is 84.4 cm³/mol. The zero-order chi connectivity index (χ0) is 14.0. The fourth-order valence-electron chi connectivity index (χ4n) is 1.71. The first kappa shape index (κ1) is 14.0. The number of halogens is 2. The topological polar surface area (TPSA) is 38.0 Å². The Morgan fingerprint density at radius 1 is 1.21 bits per heavy atom. The maximum atomic E-state index is 13.8. The Labute approximate surface area is 124 Å². The van der Waals surface area contributed by atoms with E-state index in [9.17, 15) is 4.39 Å². The summed E-state index contributed by atoms with van der Waals surface area (Å²) in [5.74, 6) is -0.344. The van der Waals surface area contributed by atoms with Crippen molar-refractivity contribution in [2.45, 2.75) is 6.92 Å². The van der Waals surface area contributed by atoms with Crippen LogP contribution in [0.25, 0.3) is 0 Å². The molecule has 0 heterocycles. The molecule has 0 fully saturated rings. The highest BCUT2D eigenvalue weighted by molar-refractivity contribution is 9.10. The van der Waals surface area contributed by atoms with Crippen molar-refractivity contribution < 1.29 is 4.39 Å². The predicted octanol–water partition coefficient (Wildman–Crippen LogP) is 4.27. The number of aryl methyl sites for hydroxylation is 1. The molecule has 2 rings (SSSR count). The molecule has 0 aliphatic heterocycles.